The number of benzene rings is 1. The van der Waals surface area contributed by atoms with Crippen LogP contribution in [0.25, 0.3) is 22.4 Å². The highest BCUT2D eigenvalue weighted by molar-refractivity contribution is 7.08. The van der Waals surface area contributed by atoms with Gasteiger partial charge in [0.15, 0.2) is 0 Å². The van der Waals surface area contributed by atoms with E-state index in [4.69, 9.17) is 5.11 Å². The van der Waals surface area contributed by atoms with Crippen LogP contribution in [0.5, 0.6) is 0 Å². The van der Waals surface area contributed by atoms with E-state index >= 15 is 0 Å². The Morgan fingerprint density at radius 2 is 2.21 bits per heavy atom. The number of nitrogens with zero attached hydrogens (tertiary/aromatic N) is 1. The molecule has 0 spiro atoms. The molecular formula is C13H9FN2O2S. The van der Waals surface area contributed by atoms with Gasteiger partial charge in [-0.2, -0.15) is 11.3 Å². The van der Waals surface area contributed by atoms with E-state index < -0.39 is 11.8 Å². The molecule has 0 radical (unpaired) electrons. The van der Waals surface area contributed by atoms with E-state index in [9.17, 15) is 9.18 Å². The molecule has 4 nitrogen and oxygen atoms in total. The summed E-state index contributed by atoms with van der Waals surface area (Å²) in [5.74, 6) is -1.44. The van der Waals surface area contributed by atoms with Crippen molar-refractivity contribution in [3.8, 4) is 11.4 Å². The Hall–Kier alpha value is -2.21. The number of aromatic nitrogens is 2. The van der Waals surface area contributed by atoms with E-state index in [1.54, 1.807) is 11.3 Å². The fourth-order valence-corrected chi connectivity index (χ4v) is 2.76. The number of carboxylic acid groups (broad SMARTS) is 1. The summed E-state index contributed by atoms with van der Waals surface area (Å²) in [6.45, 7) is 1.96. The molecule has 3 rings (SSSR count). The van der Waals surface area contributed by atoms with E-state index in [2.05, 4.69) is 9.97 Å². The number of hydrogen-bond donors (Lipinski definition) is 2. The number of fused-ring (bicyclic) bond motifs is 1. The second-order valence-corrected chi connectivity index (χ2v) is 4.95. The summed E-state index contributed by atoms with van der Waals surface area (Å²) in [6, 6.07) is 2.41. The number of thiophene rings is 1. The maximum absolute atomic E-state index is 13.6. The van der Waals surface area contributed by atoms with E-state index in [0.717, 1.165) is 17.2 Å². The average Bonchev–Trinajstić information content (AvgIpc) is 2.92. The van der Waals surface area contributed by atoms with Gasteiger partial charge in [0.1, 0.15) is 11.6 Å². The van der Waals surface area contributed by atoms with Crippen molar-refractivity contribution >= 4 is 28.3 Å². The predicted molar refractivity (Wildman–Crippen MR) is 71.1 cm³/mol. The maximum atomic E-state index is 13.6. The van der Waals surface area contributed by atoms with Crippen LogP contribution in [-0.2, 0) is 0 Å². The van der Waals surface area contributed by atoms with Gasteiger partial charge in [0.25, 0.3) is 0 Å². The van der Waals surface area contributed by atoms with Gasteiger partial charge in [0, 0.05) is 17.0 Å². The van der Waals surface area contributed by atoms with Crippen LogP contribution in [0.15, 0.2) is 22.9 Å². The summed E-state index contributed by atoms with van der Waals surface area (Å²) in [4.78, 5) is 18.2. The topological polar surface area (TPSA) is 66.0 Å². The third-order valence-corrected chi connectivity index (χ3v) is 3.77. The van der Waals surface area contributed by atoms with Crippen LogP contribution in [0.2, 0.25) is 0 Å². The van der Waals surface area contributed by atoms with Crippen LogP contribution >= 0.6 is 11.3 Å². The molecule has 0 saturated carbocycles. The lowest BCUT2D eigenvalue weighted by Crippen LogP contribution is -1.99. The van der Waals surface area contributed by atoms with Crippen LogP contribution in [0.1, 0.15) is 15.9 Å². The highest BCUT2D eigenvalue weighted by Crippen LogP contribution is 2.27. The first-order chi connectivity index (χ1) is 9.06. The van der Waals surface area contributed by atoms with Gasteiger partial charge >= 0.3 is 5.97 Å². The van der Waals surface area contributed by atoms with Crippen LogP contribution < -0.4 is 0 Å². The van der Waals surface area contributed by atoms with Crippen molar-refractivity contribution < 1.29 is 14.3 Å². The maximum Gasteiger partial charge on any atom is 0.338 e. The molecule has 6 heteroatoms. The highest BCUT2D eigenvalue weighted by Gasteiger charge is 2.15. The van der Waals surface area contributed by atoms with Crippen LogP contribution in [0, 0.1) is 12.7 Å². The molecule has 96 valence electrons. The Morgan fingerprint density at radius 1 is 1.42 bits per heavy atom. The highest BCUT2D eigenvalue weighted by atomic mass is 32.1. The molecule has 0 atom stereocenters. The van der Waals surface area contributed by atoms with Crippen molar-refractivity contribution in [2.75, 3.05) is 0 Å². The number of aromatic amines is 1. The molecule has 3 aromatic rings. The number of carboxylic acids is 1. The Morgan fingerprint density at radius 3 is 2.84 bits per heavy atom. The number of halogens is 1. The Kier molecular flexibility index (Phi) is 2.60. The summed E-state index contributed by atoms with van der Waals surface area (Å²) in [6.07, 6.45) is 0. The zero-order chi connectivity index (χ0) is 13.6. The molecular weight excluding hydrogens is 267 g/mol. The molecule has 0 saturated heterocycles. The minimum Gasteiger partial charge on any atom is -0.478 e. The molecule has 1 aromatic carbocycles. The Balaban J connectivity index is 2.21. The van der Waals surface area contributed by atoms with Gasteiger partial charge in [0.2, 0.25) is 0 Å². The second kappa shape index (κ2) is 4.17. The monoisotopic (exact) mass is 276 g/mol. The molecule has 0 aliphatic rings. The lowest BCUT2D eigenvalue weighted by molar-refractivity contribution is 0.0692. The van der Waals surface area contributed by atoms with Crippen LogP contribution in [0.3, 0.4) is 0 Å². The summed E-state index contributed by atoms with van der Waals surface area (Å²) in [7, 11) is 0. The fraction of sp³-hybridized carbons (Fsp3) is 0.0769. The molecule has 19 heavy (non-hydrogen) atoms. The summed E-state index contributed by atoms with van der Waals surface area (Å²) < 4.78 is 13.6. The first-order valence-corrected chi connectivity index (χ1v) is 6.46. The van der Waals surface area contributed by atoms with E-state index in [0.29, 0.717) is 16.9 Å². The first-order valence-electron chi connectivity index (χ1n) is 5.52. The molecule has 0 fully saturated rings. The van der Waals surface area contributed by atoms with Gasteiger partial charge in [-0.25, -0.2) is 14.2 Å². The van der Waals surface area contributed by atoms with Crippen LogP contribution in [-0.4, -0.2) is 21.0 Å². The minimum atomic E-state index is -1.30. The summed E-state index contributed by atoms with van der Waals surface area (Å²) in [5.41, 5.74) is 2.58. The molecule has 0 aliphatic heterocycles. The van der Waals surface area contributed by atoms with Crippen molar-refractivity contribution in [3.63, 3.8) is 0 Å². The summed E-state index contributed by atoms with van der Waals surface area (Å²) >= 11 is 1.55. The average molecular weight is 276 g/mol. The first kappa shape index (κ1) is 11.9. The van der Waals surface area contributed by atoms with Crippen molar-refractivity contribution in [1.29, 1.82) is 0 Å². The predicted octanol–water partition coefficient (Wildman–Crippen LogP) is 3.44. The normalized spacial score (nSPS) is 11.1. The van der Waals surface area contributed by atoms with Crippen molar-refractivity contribution in [3.05, 3.63) is 39.8 Å². The Labute approximate surface area is 111 Å². The third-order valence-electron chi connectivity index (χ3n) is 2.91. The number of nitrogens with one attached hydrogen (secondary N) is 1. The standard InChI is InChI=1S/C13H9FN2O2S/c1-6-4-19-5-8(6)12-15-10-2-7(13(17)18)9(14)3-11(10)16-12/h2-5H,1H3,(H,15,16)(H,17,18). The summed E-state index contributed by atoms with van der Waals surface area (Å²) in [5, 5.41) is 12.8. The van der Waals surface area contributed by atoms with Gasteiger partial charge in [-0.3, -0.25) is 0 Å². The smallest absolute Gasteiger partial charge is 0.338 e. The van der Waals surface area contributed by atoms with Gasteiger partial charge in [-0.1, -0.05) is 0 Å². The number of hydrogen-bond acceptors (Lipinski definition) is 3. The van der Waals surface area contributed by atoms with E-state index in [1.165, 1.54) is 6.07 Å². The van der Waals surface area contributed by atoms with Gasteiger partial charge in [-0.05, 0) is 23.9 Å². The minimum absolute atomic E-state index is 0.368. The zero-order valence-corrected chi connectivity index (χ0v) is 10.7. The molecule has 2 aromatic heterocycles. The Bertz CT molecular complexity index is 791. The SMILES string of the molecule is Cc1cscc1-c1nc2cc(C(=O)O)c(F)cc2[nH]1. The van der Waals surface area contributed by atoms with Crippen molar-refractivity contribution in [2.45, 2.75) is 6.92 Å². The quantitative estimate of drug-likeness (QED) is 0.753. The fourth-order valence-electron chi connectivity index (χ4n) is 1.92. The molecule has 2 heterocycles. The number of H-pyrrole nitrogens is 1. The van der Waals surface area contributed by atoms with E-state index in [1.807, 2.05) is 17.7 Å². The molecule has 0 amide bonds. The zero-order valence-electron chi connectivity index (χ0n) is 9.90. The molecule has 2 N–H and O–H groups in total. The van der Waals surface area contributed by atoms with E-state index in [-0.39, 0.29) is 5.56 Å². The number of aryl methyl sites for hydroxylation is 1. The van der Waals surface area contributed by atoms with Crippen LogP contribution in [0.4, 0.5) is 4.39 Å². The number of aromatic carboxylic acids is 1. The second-order valence-electron chi connectivity index (χ2n) is 4.21. The van der Waals surface area contributed by atoms with Gasteiger partial charge < -0.3 is 10.1 Å². The van der Waals surface area contributed by atoms with Crippen molar-refractivity contribution in [2.24, 2.45) is 0 Å². The number of carbonyl (C=O) groups is 1. The third kappa shape index (κ3) is 1.90. The van der Waals surface area contributed by atoms with Gasteiger partial charge in [-0.15, -0.1) is 0 Å². The lowest BCUT2D eigenvalue weighted by Gasteiger charge is -1.95. The van der Waals surface area contributed by atoms with Gasteiger partial charge in [0.05, 0.1) is 16.6 Å². The largest absolute Gasteiger partial charge is 0.478 e. The lowest BCUT2D eigenvalue weighted by atomic mass is 10.2. The molecule has 0 bridgehead atoms. The molecule has 0 unspecified atom stereocenters. The molecule has 0 aliphatic carbocycles. The van der Waals surface area contributed by atoms with Crippen molar-refractivity contribution in [1.82, 2.24) is 9.97 Å². The number of imidazole rings is 1. The number of rotatable bonds is 2.